The monoisotopic (exact) mass is 387 g/mol. The molecule has 0 aliphatic carbocycles. The average Bonchev–Trinajstić information content (AvgIpc) is 2.67. The molecule has 0 aliphatic heterocycles. The second-order valence-electron chi connectivity index (χ2n) is 5.33. The standard InChI is InChI=1S/C16H27NO4.C2H2O4/c1-5-13(2)17-9-10-20-11-12-21-16-14(18-3)7-6-8-15(16)19-4;3-1(4)2(5)6/h6-8,13,17H,5,9-12H2,1-4H3;(H,3,4)(H,5,6). The summed E-state index contributed by atoms with van der Waals surface area (Å²) in [6, 6.07) is 6.08. The first-order valence-corrected chi connectivity index (χ1v) is 8.48. The van der Waals surface area contributed by atoms with E-state index in [0.29, 0.717) is 43.1 Å². The van der Waals surface area contributed by atoms with E-state index in [0.717, 1.165) is 13.0 Å². The maximum atomic E-state index is 9.10. The molecule has 0 aromatic heterocycles. The molecule has 1 atom stereocenters. The maximum absolute atomic E-state index is 9.10. The number of nitrogens with one attached hydrogen (secondary N) is 1. The molecule has 0 heterocycles. The van der Waals surface area contributed by atoms with Gasteiger partial charge in [-0.25, -0.2) is 9.59 Å². The molecule has 3 N–H and O–H groups in total. The van der Waals surface area contributed by atoms with Gasteiger partial charge in [0.2, 0.25) is 5.75 Å². The smallest absolute Gasteiger partial charge is 0.414 e. The average molecular weight is 387 g/mol. The molecular formula is C18H29NO8. The molecule has 9 heteroatoms. The van der Waals surface area contributed by atoms with Crippen LogP contribution in [-0.2, 0) is 14.3 Å². The van der Waals surface area contributed by atoms with E-state index in [9.17, 15) is 0 Å². The highest BCUT2D eigenvalue weighted by atomic mass is 16.6. The summed E-state index contributed by atoms with van der Waals surface area (Å²) in [7, 11) is 3.22. The molecule has 9 nitrogen and oxygen atoms in total. The van der Waals surface area contributed by atoms with Gasteiger partial charge >= 0.3 is 11.9 Å². The SMILES string of the molecule is CCC(C)NCCOCCOc1c(OC)cccc1OC.O=C(O)C(=O)O. The number of para-hydroxylation sites is 1. The minimum absolute atomic E-state index is 0.458. The molecule has 1 rings (SSSR count). The zero-order chi connectivity index (χ0) is 20.7. The summed E-state index contributed by atoms with van der Waals surface area (Å²) in [6.07, 6.45) is 1.12. The summed E-state index contributed by atoms with van der Waals surface area (Å²) in [5.41, 5.74) is 0. The number of hydrogen-bond acceptors (Lipinski definition) is 7. The highest BCUT2D eigenvalue weighted by Gasteiger charge is 2.10. The zero-order valence-electron chi connectivity index (χ0n) is 16.2. The van der Waals surface area contributed by atoms with Gasteiger partial charge in [-0.1, -0.05) is 13.0 Å². The van der Waals surface area contributed by atoms with Gasteiger partial charge in [0.1, 0.15) is 6.61 Å². The van der Waals surface area contributed by atoms with Crippen LogP contribution in [0.2, 0.25) is 0 Å². The van der Waals surface area contributed by atoms with Crippen LogP contribution in [0.1, 0.15) is 20.3 Å². The van der Waals surface area contributed by atoms with Gasteiger partial charge in [-0.15, -0.1) is 0 Å². The van der Waals surface area contributed by atoms with Gasteiger partial charge in [-0.2, -0.15) is 0 Å². The summed E-state index contributed by atoms with van der Waals surface area (Å²) >= 11 is 0. The zero-order valence-corrected chi connectivity index (χ0v) is 16.2. The van der Waals surface area contributed by atoms with Crippen LogP contribution < -0.4 is 19.5 Å². The van der Waals surface area contributed by atoms with Crippen LogP contribution in [0, 0.1) is 0 Å². The Morgan fingerprint density at radius 1 is 1.04 bits per heavy atom. The van der Waals surface area contributed by atoms with E-state index in [1.54, 1.807) is 14.2 Å². The number of methoxy groups -OCH3 is 2. The third-order valence-electron chi connectivity index (χ3n) is 3.39. The highest BCUT2D eigenvalue weighted by molar-refractivity contribution is 6.27. The fraction of sp³-hybridized carbons (Fsp3) is 0.556. The number of hydrogen-bond donors (Lipinski definition) is 3. The number of carbonyl (C=O) groups is 2. The van der Waals surface area contributed by atoms with Gasteiger partial charge in [0.25, 0.3) is 0 Å². The number of aliphatic carboxylic acids is 2. The molecule has 0 saturated heterocycles. The number of rotatable bonds is 11. The Hall–Kier alpha value is -2.52. The Bertz CT molecular complexity index is 530. The van der Waals surface area contributed by atoms with Gasteiger partial charge in [0, 0.05) is 12.6 Å². The lowest BCUT2D eigenvalue weighted by Gasteiger charge is -2.14. The van der Waals surface area contributed by atoms with Gasteiger partial charge < -0.3 is 34.5 Å². The molecule has 0 fully saturated rings. The highest BCUT2D eigenvalue weighted by Crippen LogP contribution is 2.36. The molecule has 0 radical (unpaired) electrons. The predicted octanol–water partition coefficient (Wildman–Crippen LogP) is 1.64. The summed E-state index contributed by atoms with van der Waals surface area (Å²) in [4.78, 5) is 18.2. The van der Waals surface area contributed by atoms with Crippen LogP contribution in [-0.4, -0.2) is 68.8 Å². The number of carboxylic acids is 2. The first-order chi connectivity index (χ1) is 12.9. The molecule has 154 valence electrons. The van der Waals surface area contributed by atoms with Crippen LogP contribution in [0.4, 0.5) is 0 Å². The predicted molar refractivity (Wildman–Crippen MR) is 98.9 cm³/mol. The van der Waals surface area contributed by atoms with Crippen LogP contribution in [0.25, 0.3) is 0 Å². The number of carboxylic acid groups (broad SMARTS) is 2. The molecule has 0 spiro atoms. The van der Waals surface area contributed by atoms with Crippen molar-refractivity contribution in [2.45, 2.75) is 26.3 Å². The lowest BCUT2D eigenvalue weighted by atomic mass is 10.3. The van der Waals surface area contributed by atoms with E-state index < -0.39 is 11.9 Å². The van der Waals surface area contributed by atoms with Crippen molar-refractivity contribution in [2.75, 3.05) is 40.6 Å². The number of benzene rings is 1. The molecule has 1 aromatic rings. The minimum atomic E-state index is -1.82. The van der Waals surface area contributed by atoms with Gasteiger partial charge in [0.15, 0.2) is 11.5 Å². The Morgan fingerprint density at radius 2 is 1.59 bits per heavy atom. The summed E-state index contributed by atoms with van der Waals surface area (Å²) in [5, 5.41) is 18.2. The van der Waals surface area contributed by atoms with Crippen molar-refractivity contribution in [1.82, 2.24) is 5.32 Å². The van der Waals surface area contributed by atoms with E-state index in [1.807, 2.05) is 18.2 Å². The lowest BCUT2D eigenvalue weighted by molar-refractivity contribution is -0.159. The summed E-state index contributed by atoms with van der Waals surface area (Å²) in [6.45, 7) is 6.84. The van der Waals surface area contributed by atoms with Gasteiger partial charge in [0.05, 0.1) is 27.4 Å². The molecule has 1 aromatic carbocycles. The van der Waals surface area contributed by atoms with Crippen molar-refractivity contribution < 1.29 is 38.7 Å². The largest absolute Gasteiger partial charge is 0.493 e. The maximum Gasteiger partial charge on any atom is 0.414 e. The first-order valence-electron chi connectivity index (χ1n) is 8.48. The van der Waals surface area contributed by atoms with E-state index >= 15 is 0 Å². The third kappa shape index (κ3) is 10.9. The van der Waals surface area contributed by atoms with Crippen molar-refractivity contribution in [1.29, 1.82) is 0 Å². The lowest BCUT2D eigenvalue weighted by Crippen LogP contribution is -2.29. The second-order valence-corrected chi connectivity index (χ2v) is 5.33. The molecule has 0 saturated carbocycles. The van der Waals surface area contributed by atoms with E-state index in [-0.39, 0.29) is 0 Å². The molecule has 0 amide bonds. The van der Waals surface area contributed by atoms with Gasteiger partial charge in [-0.05, 0) is 25.5 Å². The third-order valence-corrected chi connectivity index (χ3v) is 3.39. The molecule has 0 bridgehead atoms. The number of ether oxygens (including phenoxy) is 4. The van der Waals surface area contributed by atoms with Crippen molar-refractivity contribution in [3.63, 3.8) is 0 Å². The summed E-state index contributed by atoms with van der Waals surface area (Å²) < 4.78 is 21.8. The molecule has 27 heavy (non-hydrogen) atoms. The second kappa shape index (κ2) is 14.6. The van der Waals surface area contributed by atoms with E-state index in [2.05, 4.69) is 19.2 Å². The Kier molecular flexibility index (Phi) is 13.3. The molecule has 1 unspecified atom stereocenters. The molecular weight excluding hydrogens is 358 g/mol. The van der Waals surface area contributed by atoms with E-state index in [4.69, 9.17) is 38.7 Å². The van der Waals surface area contributed by atoms with Crippen molar-refractivity contribution in [3.8, 4) is 17.2 Å². The van der Waals surface area contributed by atoms with Crippen LogP contribution in [0.15, 0.2) is 18.2 Å². The topological polar surface area (TPSA) is 124 Å². The van der Waals surface area contributed by atoms with Crippen LogP contribution >= 0.6 is 0 Å². The Balaban J connectivity index is 0.000000972. The molecule has 0 aliphatic rings. The van der Waals surface area contributed by atoms with Crippen molar-refractivity contribution in [3.05, 3.63) is 18.2 Å². The normalized spacial score (nSPS) is 11.0. The fourth-order valence-corrected chi connectivity index (χ4v) is 1.79. The van der Waals surface area contributed by atoms with Crippen LogP contribution in [0.5, 0.6) is 17.2 Å². The van der Waals surface area contributed by atoms with E-state index in [1.165, 1.54) is 0 Å². The fourth-order valence-electron chi connectivity index (χ4n) is 1.79. The minimum Gasteiger partial charge on any atom is -0.493 e. The van der Waals surface area contributed by atoms with Crippen molar-refractivity contribution >= 4 is 11.9 Å². The first kappa shape index (κ1) is 24.5. The van der Waals surface area contributed by atoms with Crippen LogP contribution in [0.3, 0.4) is 0 Å². The summed E-state index contributed by atoms with van der Waals surface area (Å²) in [5.74, 6) is -1.71. The Morgan fingerprint density at radius 3 is 2.04 bits per heavy atom. The van der Waals surface area contributed by atoms with Gasteiger partial charge in [-0.3, -0.25) is 0 Å². The quantitative estimate of drug-likeness (QED) is 0.384. The van der Waals surface area contributed by atoms with Crippen molar-refractivity contribution in [2.24, 2.45) is 0 Å². The Labute approximate surface area is 159 Å².